The van der Waals surface area contributed by atoms with Crippen LogP contribution in [0.2, 0.25) is 0 Å². The number of rotatable bonds is 5. The number of carbonyl (C=O) groups is 1. The molecule has 0 aliphatic rings. The standard InChI is InChI=1S/C15H16N2O4/c1-20-13-6-5-11(8-14(13)21-2)9-16-15(18)12-4-3-7-17(19)10-12/h3-8,10H,9H2,1-2H3,(H,16,18). The summed E-state index contributed by atoms with van der Waals surface area (Å²) < 4.78 is 10.9. The lowest BCUT2D eigenvalue weighted by Gasteiger charge is -2.10. The lowest BCUT2D eigenvalue weighted by molar-refractivity contribution is -0.605. The maximum Gasteiger partial charge on any atom is 0.257 e. The van der Waals surface area contributed by atoms with Gasteiger partial charge in [-0.15, -0.1) is 0 Å². The van der Waals surface area contributed by atoms with Crippen molar-refractivity contribution < 1.29 is 19.0 Å². The van der Waals surface area contributed by atoms with Crippen LogP contribution in [0.4, 0.5) is 0 Å². The van der Waals surface area contributed by atoms with E-state index in [0.29, 0.717) is 28.3 Å². The summed E-state index contributed by atoms with van der Waals surface area (Å²) >= 11 is 0. The van der Waals surface area contributed by atoms with Crippen LogP contribution in [-0.2, 0) is 6.54 Å². The van der Waals surface area contributed by atoms with Crippen LogP contribution in [0, 0.1) is 5.21 Å². The second-order valence-electron chi connectivity index (χ2n) is 4.32. The Morgan fingerprint density at radius 2 is 2.00 bits per heavy atom. The number of benzene rings is 1. The topological polar surface area (TPSA) is 74.5 Å². The molecule has 0 unspecified atom stereocenters. The first-order chi connectivity index (χ1) is 10.1. The van der Waals surface area contributed by atoms with E-state index < -0.39 is 0 Å². The van der Waals surface area contributed by atoms with Gasteiger partial charge in [-0.3, -0.25) is 4.79 Å². The number of pyridine rings is 1. The molecule has 0 aliphatic heterocycles. The highest BCUT2D eigenvalue weighted by molar-refractivity contribution is 5.93. The fourth-order valence-electron chi connectivity index (χ4n) is 1.86. The highest BCUT2D eigenvalue weighted by atomic mass is 16.5. The molecule has 0 bridgehead atoms. The van der Waals surface area contributed by atoms with Crippen molar-refractivity contribution in [3.8, 4) is 11.5 Å². The van der Waals surface area contributed by atoms with Crippen LogP contribution in [0.15, 0.2) is 42.7 Å². The maximum absolute atomic E-state index is 11.9. The fourth-order valence-corrected chi connectivity index (χ4v) is 1.86. The van der Waals surface area contributed by atoms with Crippen LogP contribution in [0.1, 0.15) is 15.9 Å². The van der Waals surface area contributed by atoms with Crippen LogP contribution < -0.4 is 19.5 Å². The van der Waals surface area contributed by atoms with Gasteiger partial charge in [-0.05, 0) is 23.8 Å². The van der Waals surface area contributed by atoms with Gasteiger partial charge in [-0.25, -0.2) is 0 Å². The Balaban J connectivity index is 2.04. The van der Waals surface area contributed by atoms with Crippen LogP contribution in [0.3, 0.4) is 0 Å². The number of hydrogen-bond donors (Lipinski definition) is 1. The summed E-state index contributed by atoms with van der Waals surface area (Å²) in [5.74, 6) is 0.916. The van der Waals surface area contributed by atoms with Gasteiger partial charge in [0.2, 0.25) is 0 Å². The van der Waals surface area contributed by atoms with Crippen LogP contribution >= 0.6 is 0 Å². The van der Waals surface area contributed by atoms with Gasteiger partial charge in [-0.1, -0.05) is 6.07 Å². The number of amides is 1. The number of ether oxygens (including phenoxy) is 2. The molecule has 0 radical (unpaired) electrons. The van der Waals surface area contributed by atoms with Gasteiger partial charge >= 0.3 is 0 Å². The van der Waals surface area contributed by atoms with E-state index >= 15 is 0 Å². The predicted octanol–water partition coefficient (Wildman–Crippen LogP) is 1.27. The van der Waals surface area contributed by atoms with Crippen molar-refractivity contribution in [2.24, 2.45) is 0 Å². The highest BCUT2D eigenvalue weighted by Crippen LogP contribution is 2.27. The van der Waals surface area contributed by atoms with E-state index in [1.165, 1.54) is 18.5 Å². The van der Waals surface area contributed by atoms with E-state index in [-0.39, 0.29) is 5.91 Å². The first-order valence-electron chi connectivity index (χ1n) is 6.32. The number of aromatic nitrogens is 1. The summed E-state index contributed by atoms with van der Waals surface area (Å²) in [4.78, 5) is 11.9. The summed E-state index contributed by atoms with van der Waals surface area (Å²) in [5.41, 5.74) is 1.18. The van der Waals surface area contributed by atoms with E-state index in [9.17, 15) is 10.0 Å². The van der Waals surface area contributed by atoms with E-state index in [1.54, 1.807) is 32.4 Å². The van der Waals surface area contributed by atoms with Crippen molar-refractivity contribution >= 4 is 5.91 Å². The number of methoxy groups -OCH3 is 2. The minimum atomic E-state index is -0.310. The third kappa shape index (κ3) is 3.62. The average Bonchev–Trinajstić information content (AvgIpc) is 2.52. The number of hydrogen-bond acceptors (Lipinski definition) is 4. The number of nitrogens with one attached hydrogen (secondary N) is 1. The van der Waals surface area contributed by atoms with Gasteiger partial charge in [0.15, 0.2) is 23.9 Å². The van der Waals surface area contributed by atoms with Crippen molar-refractivity contribution in [2.75, 3.05) is 14.2 Å². The number of carbonyl (C=O) groups excluding carboxylic acids is 1. The molecule has 2 aromatic rings. The van der Waals surface area contributed by atoms with Crippen molar-refractivity contribution in [1.82, 2.24) is 5.32 Å². The molecule has 2 rings (SSSR count). The Morgan fingerprint density at radius 3 is 2.67 bits per heavy atom. The Bertz CT molecular complexity index is 643. The molecule has 110 valence electrons. The second kappa shape index (κ2) is 6.60. The summed E-state index contributed by atoms with van der Waals surface area (Å²) in [6, 6.07) is 8.50. The Hall–Kier alpha value is -2.76. The molecule has 0 spiro atoms. The molecular weight excluding hydrogens is 272 g/mol. The molecular formula is C15H16N2O4. The van der Waals surface area contributed by atoms with Crippen LogP contribution in [0.5, 0.6) is 11.5 Å². The van der Waals surface area contributed by atoms with Crippen molar-refractivity contribution in [2.45, 2.75) is 6.54 Å². The second-order valence-corrected chi connectivity index (χ2v) is 4.32. The smallest absolute Gasteiger partial charge is 0.257 e. The molecule has 1 amide bonds. The third-order valence-corrected chi connectivity index (χ3v) is 2.94. The molecule has 1 aromatic carbocycles. The average molecular weight is 288 g/mol. The molecule has 0 atom stereocenters. The zero-order chi connectivity index (χ0) is 15.2. The molecule has 0 aliphatic carbocycles. The van der Waals surface area contributed by atoms with Crippen molar-refractivity contribution in [3.63, 3.8) is 0 Å². The summed E-state index contributed by atoms with van der Waals surface area (Å²) in [5, 5.41) is 13.9. The van der Waals surface area contributed by atoms with E-state index in [1.807, 2.05) is 6.07 Å². The summed E-state index contributed by atoms with van der Waals surface area (Å²) in [6.45, 7) is 0.326. The zero-order valence-corrected chi connectivity index (χ0v) is 11.8. The van der Waals surface area contributed by atoms with Crippen molar-refractivity contribution in [3.05, 3.63) is 59.1 Å². The molecule has 1 aromatic heterocycles. The fraction of sp³-hybridized carbons (Fsp3) is 0.200. The van der Waals surface area contributed by atoms with Gasteiger partial charge in [0.1, 0.15) is 5.56 Å². The largest absolute Gasteiger partial charge is 0.619 e. The normalized spacial score (nSPS) is 10.0. The Kier molecular flexibility index (Phi) is 4.61. The molecule has 1 heterocycles. The van der Waals surface area contributed by atoms with Crippen molar-refractivity contribution in [1.29, 1.82) is 0 Å². The minimum absolute atomic E-state index is 0.310. The molecule has 0 saturated carbocycles. The molecule has 6 nitrogen and oxygen atoms in total. The Morgan fingerprint density at radius 1 is 1.24 bits per heavy atom. The summed E-state index contributed by atoms with van der Waals surface area (Å²) in [6.07, 6.45) is 2.55. The molecule has 0 fully saturated rings. The monoisotopic (exact) mass is 288 g/mol. The summed E-state index contributed by atoms with van der Waals surface area (Å²) in [7, 11) is 3.12. The van der Waals surface area contributed by atoms with Gasteiger partial charge in [0.05, 0.1) is 14.2 Å². The SMILES string of the molecule is COc1ccc(CNC(=O)c2ccc[n+]([O-])c2)cc1OC. The van der Waals surface area contributed by atoms with E-state index in [4.69, 9.17) is 9.47 Å². The first kappa shape index (κ1) is 14.6. The molecule has 6 heteroatoms. The van der Waals surface area contributed by atoms with Gasteiger partial charge in [0, 0.05) is 12.6 Å². The maximum atomic E-state index is 11.9. The molecule has 0 saturated heterocycles. The Labute approximate surface area is 122 Å². The van der Waals surface area contributed by atoms with Gasteiger partial charge < -0.3 is 20.0 Å². The quantitative estimate of drug-likeness (QED) is 0.664. The highest BCUT2D eigenvalue weighted by Gasteiger charge is 2.09. The molecule has 1 N–H and O–H groups in total. The third-order valence-electron chi connectivity index (χ3n) is 2.94. The predicted molar refractivity (Wildman–Crippen MR) is 76.1 cm³/mol. The molecule has 21 heavy (non-hydrogen) atoms. The first-order valence-corrected chi connectivity index (χ1v) is 6.32. The van der Waals surface area contributed by atoms with Gasteiger partial charge in [-0.2, -0.15) is 4.73 Å². The lowest BCUT2D eigenvalue weighted by atomic mass is 10.2. The van der Waals surface area contributed by atoms with Crippen LogP contribution in [-0.4, -0.2) is 20.1 Å². The van der Waals surface area contributed by atoms with E-state index in [0.717, 1.165) is 5.56 Å². The number of nitrogens with zero attached hydrogens (tertiary/aromatic N) is 1. The zero-order valence-electron chi connectivity index (χ0n) is 11.8. The van der Waals surface area contributed by atoms with Gasteiger partial charge in [0.25, 0.3) is 5.91 Å². The van der Waals surface area contributed by atoms with Crippen LogP contribution in [0.25, 0.3) is 0 Å². The van der Waals surface area contributed by atoms with E-state index in [2.05, 4.69) is 5.32 Å². The lowest BCUT2D eigenvalue weighted by Crippen LogP contribution is -2.29. The minimum Gasteiger partial charge on any atom is -0.619 e.